The van der Waals surface area contributed by atoms with Gasteiger partial charge in [-0.15, -0.1) is 0 Å². The van der Waals surface area contributed by atoms with Crippen molar-refractivity contribution in [1.82, 2.24) is 9.97 Å². The largest absolute Gasteiger partial charge is 0.255 e. The zero-order valence-corrected chi connectivity index (χ0v) is 85.8. The third-order valence-corrected chi connectivity index (χ3v) is 29.6. The summed E-state index contributed by atoms with van der Waals surface area (Å²) in [7, 11) is 1.72. The van der Waals surface area contributed by atoms with E-state index in [1.165, 1.54) is 0 Å². The molecular weight excluding hydrogens is 1900 g/mol. The number of pyridine rings is 2. The first-order chi connectivity index (χ1) is 54.8. The van der Waals surface area contributed by atoms with Gasteiger partial charge in [-0.2, -0.15) is 0 Å². The van der Waals surface area contributed by atoms with Gasteiger partial charge >= 0.3 is 105 Å². The number of halogens is 4. The molecule has 2 heterocycles. The molecule has 0 amide bonds. The molecule has 686 valence electrons. The van der Waals surface area contributed by atoms with Gasteiger partial charge in [-0.25, -0.2) is 9.59 Å². The summed E-state index contributed by atoms with van der Waals surface area (Å²) in [4.78, 5) is 90.7. The SMILES string of the molecule is C=C(C)C(=O)OCCC[Si](C)(OC)OC.C=C(C)C(=O)OCCC[Si](OCC)(OCC)OCC.CCO[Si](CCCOC(=O)C(C)(Br)CC(C)(C)CC(=O)OCCOC)(OCC)OCC.COCCOC(=O)C(C)(C)Br.COCCOC(=O)CC(C)(C)CC(C)(Br)C(=O)OCCC[Si](C)(OC)OC.[Cu][Br].c1ccc(-c2ccccn2)nc1. The van der Waals surface area contributed by atoms with Crippen molar-refractivity contribution in [2.75, 3.05) is 155 Å². The number of alkyl halides is 3. The van der Waals surface area contributed by atoms with Gasteiger partial charge in [-0.3, -0.25) is 33.9 Å². The first-order valence-corrected chi connectivity index (χ1v) is 52.4. The van der Waals surface area contributed by atoms with Gasteiger partial charge in [0.05, 0.1) is 70.5 Å². The minimum absolute atomic E-state index is 0.191. The van der Waals surface area contributed by atoms with Crippen LogP contribution in [-0.4, -0.2) is 255 Å². The zero-order valence-electron chi connectivity index (χ0n) is 74.6. The van der Waals surface area contributed by atoms with E-state index in [0.29, 0.717) is 141 Å². The fourth-order valence-corrected chi connectivity index (χ4v) is 19.7. The Kier molecular flexibility index (Phi) is 73.4. The van der Waals surface area contributed by atoms with Crippen LogP contribution < -0.4 is 0 Å². The number of carbonyl (C=O) groups excluding carboxylic acids is 7. The third-order valence-electron chi connectivity index (χ3n) is 15.8. The Morgan fingerprint density at radius 3 is 0.897 bits per heavy atom. The molecule has 0 spiro atoms. The minimum atomic E-state index is -2.75. The quantitative estimate of drug-likeness (QED) is 0.0148. The monoisotopic (exact) mass is 2040 g/mol. The molecule has 0 bridgehead atoms. The number of esters is 7. The van der Waals surface area contributed by atoms with E-state index < -0.39 is 58.5 Å². The van der Waals surface area contributed by atoms with Gasteiger partial charge in [0.15, 0.2) is 0 Å². The molecule has 2 rings (SSSR count). The van der Waals surface area contributed by atoms with E-state index in [4.69, 9.17) is 91.6 Å². The second-order valence-corrected chi connectivity index (χ2v) is 46.6. The van der Waals surface area contributed by atoms with Gasteiger partial charge in [0.1, 0.15) is 32.8 Å². The number of aromatic nitrogens is 2. The van der Waals surface area contributed by atoms with Gasteiger partial charge in [0.25, 0.3) is 0 Å². The van der Waals surface area contributed by atoms with Crippen molar-refractivity contribution in [2.45, 2.75) is 212 Å². The molecule has 0 saturated heterocycles. The van der Waals surface area contributed by atoms with Crippen LogP contribution in [0, 0.1) is 10.8 Å². The Labute approximate surface area is 745 Å². The summed E-state index contributed by atoms with van der Waals surface area (Å²) in [6.07, 6.45) is 7.44. The number of methoxy groups -OCH3 is 3. The number of rotatable bonds is 55. The molecule has 2 aromatic rings. The van der Waals surface area contributed by atoms with E-state index in [9.17, 15) is 33.6 Å². The van der Waals surface area contributed by atoms with Gasteiger partial charge in [0.2, 0.25) is 0 Å². The molecular formula is C79H143Br4CuN2O27Si4. The van der Waals surface area contributed by atoms with Crippen LogP contribution in [0.1, 0.15) is 162 Å². The van der Waals surface area contributed by atoms with Crippen LogP contribution in [0.15, 0.2) is 73.1 Å². The molecule has 0 aromatic carbocycles. The maximum atomic E-state index is 12.7. The van der Waals surface area contributed by atoms with Crippen LogP contribution in [-0.2, 0) is 139 Å². The first-order valence-electron chi connectivity index (χ1n) is 38.8. The Hall–Kier alpha value is -3.14. The summed E-state index contributed by atoms with van der Waals surface area (Å²) in [5.74, 6) is -2.31. The Balaban J connectivity index is -0.000000443. The molecule has 29 nitrogen and oxygen atoms in total. The fraction of sp³-hybridized carbons (Fsp3) is 0.734. The van der Waals surface area contributed by atoms with Crippen molar-refractivity contribution in [1.29, 1.82) is 0 Å². The molecule has 2 atom stereocenters. The molecule has 0 saturated carbocycles. The normalized spacial score (nSPS) is 12.5. The standard InChI is InChI=1S/C21H41BrO8Si.C18H35BrO7Si.C13H26O5Si.C10H8N2.C10H20O4Si.C7H13BrO3.BrH.Cu/c1-8-28-31(29-9-2,30-10-3)15-11-12-27-19(24)21(6,22)17-20(4,5)16-18(23)26-14-13-25-7;1-17(2,13-15(20)25-11-10-22-4)14-18(3,19)16(21)26-9-8-12-27(7,23-5)24-6;1-6-16-19(17-7-2,18-8-3)11-9-10-15-13(14)12(4)5;1-3-7-11-9(5-1)10-6-2-4-8-12-10;1-9(2)10(11)14-7-6-8-15(5,12-3)13-4;1-7(2,8)6(9)11-5-4-10-3;;/h8-17H2,1-7H3;8-14H2,1-7H3;4,6-11H2,1-3,5H3;1-8H;1,6-8H2,2-5H3;4-5H2,1-3H3;1H;/q;;;;;;;+1/p-1. The predicted octanol–water partition coefficient (Wildman–Crippen LogP) is 16.3. The summed E-state index contributed by atoms with van der Waals surface area (Å²) < 4.78 is 104. The molecule has 2 aromatic heterocycles. The van der Waals surface area contributed by atoms with Crippen molar-refractivity contribution in [3.8, 4) is 11.4 Å². The molecule has 0 N–H and O–H groups in total. The van der Waals surface area contributed by atoms with Crippen molar-refractivity contribution >= 4 is 138 Å². The number of ether oxygens (including phenoxy) is 10. The summed E-state index contributed by atoms with van der Waals surface area (Å²) in [6.45, 7) is 46.7. The average molecular weight is 2050 g/mol. The number of hydrogen-bond donors (Lipinski definition) is 0. The van der Waals surface area contributed by atoms with E-state index in [-0.39, 0.29) is 74.4 Å². The van der Waals surface area contributed by atoms with Crippen LogP contribution in [0.3, 0.4) is 0 Å². The second kappa shape index (κ2) is 70.2. The topological polar surface area (TPSA) is 330 Å². The Bertz CT molecular complexity index is 2890. The van der Waals surface area contributed by atoms with Crippen LogP contribution in [0.25, 0.3) is 11.4 Å². The minimum Gasteiger partial charge on any atom is -0.255 e. The van der Waals surface area contributed by atoms with Gasteiger partial charge in [-0.05, 0) is 182 Å². The molecule has 0 radical (unpaired) electrons. The van der Waals surface area contributed by atoms with E-state index >= 15 is 0 Å². The number of hydrogen-bond acceptors (Lipinski definition) is 29. The van der Waals surface area contributed by atoms with Crippen molar-refractivity contribution in [2.24, 2.45) is 10.8 Å². The first kappa shape index (κ1) is 122. The van der Waals surface area contributed by atoms with Crippen LogP contribution in [0.5, 0.6) is 0 Å². The van der Waals surface area contributed by atoms with Gasteiger partial charge < -0.3 is 91.6 Å². The van der Waals surface area contributed by atoms with Crippen LogP contribution in [0.2, 0.25) is 37.3 Å². The summed E-state index contributed by atoms with van der Waals surface area (Å²) in [5, 5.41) is 0. The molecule has 38 heteroatoms. The molecule has 0 fully saturated rings. The smallest absolute Gasteiger partial charge is 0.0886 e. The summed E-state index contributed by atoms with van der Waals surface area (Å²) in [5.41, 5.74) is 1.77. The van der Waals surface area contributed by atoms with Crippen LogP contribution >= 0.6 is 61.9 Å². The molecule has 0 aliphatic carbocycles. The van der Waals surface area contributed by atoms with E-state index in [1.54, 1.807) is 104 Å². The van der Waals surface area contributed by atoms with Gasteiger partial charge in [-0.1, -0.05) is 101 Å². The molecule has 117 heavy (non-hydrogen) atoms. The van der Waals surface area contributed by atoms with Crippen molar-refractivity contribution in [3.63, 3.8) is 0 Å². The van der Waals surface area contributed by atoms with Crippen molar-refractivity contribution < 1.29 is 139 Å². The molecule has 2 unspecified atom stereocenters. The van der Waals surface area contributed by atoms with E-state index in [2.05, 4.69) is 99.2 Å². The number of carbonyl (C=O) groups is 7. The predicted molar refractivity (Wildman–Crippen MR) is 472 cm³/mol. The second-order valence-electron chi connectivity index (χ2n) is 28.5. The van der Waals surface area contributed by atoms with E-state index in [1.807, 2.05) is 119 Å². The molecule has 0 aliphatic heterocycles. The summed E-state index contributed by atoms with van der Waals surface area (Å²) in [6, 6.07) is 14.4. The zero-order chi connectivity index (χ0) is 90.9. The average Bonchev–Trinajstić information content (AvgIpc) is 0.834. The van der Waals surface area contributed by atoms with Crippen LogP contribution in [0.4, 0.5) is 0 Å². The summed E-state index contributed by atoms with van der Waals surface area (Å²) >= 11 is 16.6. The maximum absolute atomic E-state index is 12.7. The van der Waals surface area contributed by atoms with Crippen molar-refractivity contribution in [3.05, 3.63) is 73.1 Å². The molecule has 0 aliphatic rings. The number of nitrogens with zero attached hydrogens (tertiary/aromatic N) is 2. The Morgan fingerprint density at radius 1 is 0.393 bits per heavy atom. The third kappa shape index (κ3) is 63.4. The fourth-order valence-electron chi connectivity index (χ4n) is 9.99. The maximum Gasteiger partial charge on any atom is 0.0886 e. The Morgan fingerprint density at radius 2 is 0.658 bits per heavy atom. The van der Waals surface area contributed by atoms with E-state index in [0.717, 1.165) is 29.9 Å². The van der Waals surface area contributed by atoms with Gasteiger partial charge in [0, 0.05) is 125 Å².